The molecule has 2 aromatic rings. The molecule has 1 saturated heterocycles. The molecule has 0 spiro atoms. The first-order chi connectivity index (χ1) is 11.7. The van der Waals surface area contributed by atoms with Crippen molar-refractivity contribution >= 4 is 11.8 Å². The van der Waals surface area contributed by atoms with Crippen molar-refractivity contribution in [2.24, 2.45) is 0 Å². The summed E-state index contributed by atoms with van der Waals surface area (Å²) in [6.07, 6.45) is 2.86. The second-order valence-corrected chi connectivity index (χ2v) is 5.65. The van der Waals surface area contributed by atoms with Gasteiger partial charge in [0.2, 0.25) is 5.91 Å². The van der Waals surface area contributed by atoms with Crippen LogP contribution in [-0.4, -0.2) is 54.5 Å². The van der Waals surface area contributed by atoms with Crippen LogP contribution in [0.1, 0.15) is 15.9 Å². The van der Waals surface area contributed by atoms with Gasteiger partial charge in [-0.15, -0.1) is 0 Å². The van der Waals surface area contributed by atoms with E-state index >= 15 is 0 Å². The summed E-state index contributed by atoms with van der Waals surface area (Å²) in [6.45, 7) is 2.63. The smallest absolute Gasteiger partial charge is 0.257 e. The van der Waals surface area contributed by atoms with E-state index in [4.69, 9.17) is 9.15 Å². The monoisotopic (exact) mass is 328 g/mol. The summed E-state index contributed by atoms with van der Waals surface area (Å²) in [4.78, 5) is 28.5. The standard InChI is InChI=1S/C18H20N2O4/c21-17(19-7-10-23-11-8-19)13-20(12-15-4-2-1-3-5-15)18(22)16-6-9-24-14-16/h1-6,9,14H,7-8,10-13H2. The Bertz CT molecular complexity index is 664. The minimum Gasteiger partial charge on any atom is -0.472 e. The predicted octanol–water partition coefficient (Wildman–Crippen LogP) is 1.78. The quantitative estimate of drug-likeness (QED) is 0.839. The number of ether oxygens (including phenoxy) is 1. The van der Waals surface area contributed by atoms with E-state index in [-0.39, 0.29) is 18.4 Å². The zero-order valence-electron chi connectivity index (χ0n) is 13.4. The fourth-order valence-corrected chi connectivity index (χ4v) is 2.65. The lowest BCUT2D eigenvalue weighted by atomic mass is 10.2. The second-order valence-electron chi connectivity index (χ2n) is 5.65. The number of amides is 2. The summed E-state index contributed by atoms with van der Waals surface area (Å²) in [7, 11) is 0. The Morgan fingerprint density at radius 1 is 1.08 bits per heavy atom. The Morgan fingerprint density at radius 3 is 2.50 bits per heavy atom. The molecule has 1 aliphatic heterocycles. The normalized spacial score (nSPS) is 14.4. The fourth-order valence-electron chi connectivity index (χ4n) is 2.65. The molecule has 0 N–H and O–H groups in total. The van der Waals surface area contributed by atoms with Gasteiger partial charge in [-0.25, -0.2) is 0 Å². The summed E-state index contributed by atoms with van der Waals surface area (Å²) in [5, 5.41) is 0. The maximum atomic E-state index is 12.7. The van der Waals surface area contributed by atoms with Crippen LogP contribution in [0.4, 0.5) is 0 Å². The lowest BCUT2D eigenvalue weighted by Crippen LogP contribution is -2.46. The molecule has 2 amide bonds. The van der Waals surface area contributed by atoms with Crippen molar-refractivity contribution in [2.45, 2.75) is 6.54 Å². The number of carbonyl (C=O) groups is 2. The van der Waals surface area contributed by atoms with Crippen LogP contribution in [0.2, 0.25) is 0 Å². The van der Waals surface area contributed by atoms with Crippen LogP contribution >= 0.6 is 0 Å². The highest BCUT2D eigenvalue weighted by molar-refractivity contribution is 5.96. The third-order valence-electron chi connectivity index (χ3n) is 3.96. The number of carbonyl (C=O) groups excluding carboxylic acids is 2. The Balaban J connectivity index is 1.73. The summed E-state index contributed by atoms with van der Waals surface area (Å²) >= 11 is 0. The van der Waals surface area contributed by atoms with E-state index in [2.05, 4.69) is 0 Å². The molecule has 6 nitrogen and oxygen atoms in total. The van der Waals surface area contributed by atoms with Crippen molar-refractivity contribution < 1.29 is 18.7 Å². The fraction of sp³-hybridized carbons (Fsp3) is 0.333. The number of hydrogen-bond donors (Lipinski definition) is 0. The molecular formula is C18H20N2O4. The number of benzene rings is 1. The van der Waals surface area contributed by atoms with Gasteiger partial charge in [-0.2, -0.15) is 0 Å². The molecule has 0 atom stereocenters. The highest BCUT2D eigenvalue weighted by Crippen LogP contribution is 2.12. The molecule has 6 heteroatoms. The topological polar surface area (TPSA) is 63.0 Å². The van der Waals surface area contributed by atoms with E-state index in [0.29, 0.717) is 38.4 Å². The molecule has 1 aromatic heterocycles. The molecule has 0 aliphatic carbocycles. The summed E-state index contributed by atoms with van der Waals surface area (Å²) < 4.78 is 10.3. The second kappa shape index (κ2) is 7.79. The lowest BCUT2D eigenvalue weighted by molar-refractivity contribution is -0.136. The highest BCUT2D eigenvalue weighted by atomic mass is 16.5. The van der Waals surface area contributed by atoms with Gasteiger partial charge in [-0.3, -0.25) is 9.59 Å². The van der Waals surface area contributed by atoms with E-state index < -0.39 is 0 Å². The van der Waals surface area contributed by atoms with Crippen LogP contribution in [0, 0.1) is 0 Å². The summed E-state index contributed by atoms with van der Waals surface area (Å²) in [6, 6.07) is 11.2. The zero-order valence-corrected chi connectivity index (χ0v) is 13.4. The molecule has 24 heavy (non-hydrogen) atoms. The maximum absolute atomic E-state index is 12.7. The molecule has 0 saturated carbocycles. The average Bonchev–Trinajstić information content (AvgIpc) is 3.17. The van der Waals surface area contributed by atoms with Crippen molar-refractivity contribution in [3.05, 3.63) is 60.1 Å². The van der Waals surface area contributed by atoms with Crippen molar-refractivity contribution in [3.8, 4) is 0 Å². The van der Waals surface area contributed by atoms with Crippen molar-refractivity contribution in [1.29, 1.82) is 0 Å². The van der Waals surface area contributed by atoms with Crippen LogP contribution in [0.5, 0.6) is 0 Å². The number of hydrogen-bond acceptors (Lipinski definition) is 4. The van der Waals surface area contributed by atoms with Crippen LogP contribution in [0.3, 0.4) is 0 Å². The van der Waals surface area contributed by atoms with Crippen molar-refractivity contribution in [1.82, 2.24) is 9.80 Å². The molecule has 3 rings (SSSR count). The first-order valence-corrected chi connectivity index (χ1v) is 7.95. The number of morpholine rings is 1. The maximum Gasteiger partial charge on any atom is 0.257 e. The van der Waals surface area contributed by atoms with E-state index in [1.807, 2.05) is 30.3 Å². The molecule has 0 radical (unpaired) electrons. The van der Waals surface area contributed by atoms with Gasteiger partial charge in [0.1, 0.15) is 12.8 Å². The third kappa shape index (κ3) is 4.02. The summed E-state index contributed by atoms with van der Waals surface area (Å²) in [5.41, 5.74) is 1.42. The van der Waals surface area contributed by atoms with E-state index in [1.165, 1.54) is 12.5 Å². The van der Waals surface area contributed by atoms with Gasteiger partial charge < -0.3 is 19.0 Å². The van der Waals surface area contributed by atoms with Gasteiger partial charge in [-0.1, -0.05) is 30.3 Å². The molecule has 1 fully saturated rings. The predicted molar refractivity (Wildman–Crippen MR) is 87.3 cm³/mol. The van der Waals surface area contributed by atoms with Crippen molar-refractivity contribution in [2.75, 3.05) is 32.8 Å². The largest absolute Gasteiger partial charge is 0.472 e. The highest BCUT2D eigenvalue weighted by Gasteiger charge is 2.24. The molecule has 0 bridgehead atoms. The Hall–Kier alpha value is -2.60. The molecule has 126 valence electrons. The lowest BCUT2D eigenvalue weighted by Gasteiger charge is -2.30. The number of rotatable bonds is 5. The van der Waals surface area contributed by atoms with Crippen molar-refractivity contribution in [3.63, 3.8) is 0 Å². The third-order valence-corrected chi connectivity index (χ3v) is 3.96. The van der Waals surface area contributed by atoms with E-state index in [1.54, 1.807) is 15.9 Å². The SMILES string of the molecule is O=C(CN(Cc1ccccc1)C(=O)c1ccoc1)N1CCOCC1. The van der Waals surface area contributed by atoms with Crippen LogP contribution in [0.15, 0.2) is 53.3 Å². The van der Waals surface area contributed by atoms with Gasteiger partial charge in [0, 0.05) is 19.6 Å². The number of furan rings is 1. The molecule has 0 unspecified atom stereocenters. The van der Waals surface area contributed by atoms with Crippen LogP contribution in [-0.2, 0) is 16.1 Å². The summed E-state index contributed by atoms with van der Waals surface area (Å²) in [5.74, 6) is -0.278. The molecule has 1 aromatic carbocycles. The van der Waals surface area contributed by atoms with Gasteiger partial charge in [0.15, 0.2) is 0 Å². The van der Waals surface area contributed by atoms with Gasteiger partial charge in [0.05, 0.1) is 25.0 Å². The Labute approximate surface area is 140 Å². The van der Waals surface area contributed by atoms with Gasteiger partial charge in [0.25, 0.3) is 5.91 Å². The first kappa shape index (κ1) is 16.3. The van der Waals surface area contributed by atoms with Crippen LogP contribution < -0.4 is 0 Å². The minimum atomic E-state index is -0.214. The molecule has 1 aliphatic rings. The Kier molecular flexibility index (Phi) is 5.28. The minimum absolute atomic E-state index is 0.0406. The zero-order chi connectivity index (χ0) is 16.8. The average molecular weight is 328 g/mol. The molecule has 2 heterocycles. The Morgan fingerprint density at radius 2 is 1.83 bits per heavy atom. The van der Waals surface area contributed by atoms with E-state index in [0.717, 1.165) is 5.56 Å². The van der Waals surface area contributed by atoms with Gasteiger partial charge in [-0.05, 0) is 11.6 Å². The van der Waals surface area contributed by atoms with Gasteiger partial charge >= 0.3 is 0 Å². The van der Waals surface area contributed by atoms with Crippen LogP contribution in [0.25, 0.3) is 0 Å². The first-order valence-electron chi connectivity index (χ1n) is 7.95. The molecular weight excluding hydrogens is 308 g/mol. The van der Waals surface area contributed by atoms with E-state index in [9.17, 15) is 9.59 Å². The number of nitrogens with zero attached hydrogens (tertiary/aromatic N) is 2.